The van der Waals surface area contributed by atoms with Gasteiger partial charge in [-0.25, -0.2) is 0 Å². The summed E-state index contributed by atoms with van der Waals surface area (Å²) in [6.45, 7) is 2.69. The average Bonchev–Trinajstić information content (AvgIpc) is 2.97. The summed E-state index contributed by atoms with van der Waals surface area (Å²) in [5, 5.41) is 17.1. The van der Waals surface area contributed by atoms with Crippen LogP contribution >= 0.6 is 11.8 Å². The molecule has 0 saturated heterocycles. The minimum atomic E-state index is 0.233. The van der Waals surface area contributed by atoms with Crippen LogP contribution in [0.4, 0.5) is 0 Å². The van der Waals surface area contributed by atoms with Gasteiger partial charge in [-0.05, 0) is 13.2 Å². The third kappa shape index (κ3) is 3.00. The molecule has 1 N–H and O–H groups in total. The maximum atomic E-state index is 9.30. The van der Waals surface area contributed by atoms with E-state index in [0.717, 1.165) is 17.1 Å². The molecular weight excluding hydrogens is 272 g/mol. The zero-order valence-corrected chi connectivity index (χ0v) is 12.1. The summed E-state index contributed by atoms with van der Waals surface area (Å²) in [6.07, 6.45) is 1.89. The molecule has 6 heteroatoms. The Morgan fingerprint density at radius 1 is 1.40 bits per heavy atom. The molecule has 102 valence electrons. The fraction of sp³-hybridized carbons (Fsp3) is 0.214. The van der Waals surface area contributed by atoms with Crippen LogP contribution in [0.15, 0.2) is 39.9 Å². The molecule has 0 unspecified atom stereocenters. The van der Waals surface area contributed by atoms with E-state index in [0.29, 0.717) is 11.4 Å². The Morgan fingerprint density at radius 3 is 2.75 bits per heavy atom. The fourth-order valence-electron chi connectivity index (χ4n) is 1.65. The molecule has 0 radical (unpaired) electrons. The van der Waals surface area contributed by atoms with E-state index in [1.807, 2.05) is 43.5 Å². The highest BCUT2D eigenvalue weighted by Crippen LogP contribution is 2.24. The van der Waals surface area contributed by atoms with Gasteiger partial charge in [0.1, 0.15) is 11.6 Å². The van der Waals surface area contributed by atoms with Gasteiger partial charge in [0, 0.05) is 12.1 Å². The molecule has 0 aliphatic rings. The molecular formula is C14H14N4OS. The van der Waals surface area contributed by atoms with Crippen molar-refractivity contribution in [1.29, 1.82) is 5.26 Å². The Bertz CT molecular complexity index is 643. The lowest BCUT2D eigenvalue weighted by atomic mass is 10.2. The van der Waals surface area contributed by atoms with Gasteiger partial charge in [-0.2, -0.15) is 10.2 Å². The van der Waals surface area contributed by atoms with Gasteiger partial charge in [0.05, 0.1) is 5.03 Å². The molecule has 0 atom stereocenters. The van der Waals surface area contributed by atoms with Crippen LogP contribution in [-0.2, 0) is 0 Å². The van der Waals surface area contributed by atoms with Gasteiger partial charge in [-0.1, -0.05) is 35.5 Å². The highest BCUT2D eigenvalue weighted by molar-refractivity contribution is 8.02. The molecule has 1 aromatic heterocycles. The Kier molecular flexibility index (Phi) is 4.80. The molecule has 1 heterocycles. The highest BCUT2D eigenvalue weighted by atomic mass is 32.2. The summed E-state index contributed by atoms with van der Waals surface area (Å²) >= 11 is 1.45. The van der Waals surface area contributed by atoms with Gasteiger partial charge in [-0.15, -0.1) is 11.8 Å². The van der Waals surface area contributed by atoms with Crippen molar-refractivity contribution in [2.45, 2.75) is 6.92 Å². The first-order chi connectivity index (χ1) is 9.80. The van der Waals surface area contributed by atoms with E-state index in [1.54, 1.807) is 0 Å². The van der Waals surface area contributed by atoms with Crippen LogP contribution in [-0.4, -0.2) is 22.9 Å². The van der Waals surface area contributed by atoms with Crippen LogP contribution in [0.1, 0.15) is 12.8 Å². The van der Waals surface area contributed by atoms with E-state index in [-0.39, 0.29) is 5.89 Å². The van der Waals surface area contributed by atoms with E-state index in [4.69, 9.17) is 4.52 Å². The molecule has 2 rings (SSSR count). The Balaban J connectivity index is 2.39. The number of rotatable bonds is 5. The van der Waals surface area contributed by atoms with E-state index >= 15 is 0 Å². The molecule has 20 heavy (non-hydrogen) atoms. The SMILES string of the molecule is CCNC(SC)=C(C#N)c1nc(-c2ccccc2)no1. The summed E-state index contributed by atoms with van der Waals surface area (Å²) in [7, 11) is 0. The molecule has 0 spiro atoms. The second kappa shape index (κ2) is 6.78. The van der Waals surface area contributed by atoms with Crippen molar-refractivity contribution in [3.63, 3.8) is 0 Å². The molecule has 0 aliphatic heterocycles. The minimum absolute atomic E-state index is 0.233. The Hall–Kier alpha value is -2.26. The lowest BCUT2D eigenvalue weighted by Gasteiger charge is -2.05. The van der Waals surface area contributed by atoms with Crippen LogP contribution in [0.5, 0.6) is 0 Å². The maximum absolute atomic E-state index is 9.30. The first-order valence-electron chi connectivity index (χ1n) is 6.11. The minimum Gasteiger partial charge on any atom is -0.379 e. The van der Waals surface area contributed by atoms with Gasteiger partial charge in [0.2, 0.25) is 5.82 Å². The van der Waals surface area contributed by atoms with E-state index in [2.05, 4.69) is 21.5 Å². The smallest absolute Gasteiger partial charge is 0.271 e. The molecule has 1 aromatic carbocycles. The number of hydrogen-bond donors (Lipinski definition) is 1. The lowest BCUT2D eigenvalue weighted by Crippen LogP contribution is -2.11. The first-order valence-corrected chi connectivity index (χ1v) is 7.34. The molecule has 0 aliphatic carbocycles. The predicted octanol–water partition coefficient (Wildman–Crippen LogP) is 2.90. The van der Waals surface area contributed by atoms with Gasteiger partial charge in [0.15, 0.2) is 0 Å². The van der Waals surface area contributed by atoms with Crippen molar-refractivity contribution < 1.29 is 4.52 Å². The summed E-state index contributed by atoms with van der Waals surface area (Å²) < 4.78 is 5.21. The van der Waals surface area contributed by atoms with E-state index in [1.165, 1.54) is 11.8 Å². The van der Waals surface area contributed by atoms with Crippen molar-refractivity contribution in [3.8, 4) is 17.5 Å². The van der Waals surface area contributed by atoms with Crippen molar-refractivity contribution in [3.05, 3.63) is 41.3 Å². The standard InChI is InChI=1S/C14H14N4OS/c1-3-16-14(20-2)11(9-15)13-17-12(18-19-13)10-7-5-4-6-8-10/h4-8,16H,3H2,1-2H3. The van der Waals surface area contributed by atoms with Crippen LogP contribution in [0.3, 0.4) is 0 Å². The zero-order valence-electron chi connectivity index (χ0n) is 11.3. The normalized spacial score (nSPS) is 11.7. The number of allylic oxidation sites excluding steroid dienone is 1. The summed E-state index contributed by atoms with van der Waals surface area (Å²) in [6, 6.07) is 11.6. The Labute approximate surface area is 121 Å². The van der Waals surface area contributed by atoms with E-state index < -0.39 is 0 Å². The maximum Gasteiger partial charge on any atom is 0.271 e. The lowest BCUT2D eigenvalue weighted by molar-refractivity contribution is 0.409. The molecule has 0 amide bonds. The summed E-state index contributed by atoms with van der Waals surface area (Å²) in [5.41, 5.74) is 1.22. The predicted molar refractivity (Wildman–Crippen MR) is 79.5 cm³/mol. The number of hydrogen-bond acceptors (Lipinski definition) is 6. The fourth-order valence-corrected chi connectivity index (χ4v) is 2.27. The average molecular weight is 286 g/mol. The van der Waals surface area contributed by atoms with Gasteiger partial charge >= 0.3 is 0 Å². The molecule has 0 saturated carbocycles. The number of thioether (sulfide) groups is 1. The third-order valence-corrected chi connectivity index (χ3v) is 3.31. The number of nitrogens with one attached hydrogen (secondary N) is 1. The largest absolute Gasteiger partial charge is 0.379 e. The number of nitrogens with zero attached hydrogens (tertiary/aromatic N) is 3. The zero-order chi connectivity index (χ0) is 14.4. The topological polar surface area (TPSA) is 74.7 Å². The molecule has 5 nitrogen and oxygen atoms in total. The quantitative estimate of drug-likeness (QED) is 0.852. The van der Waals surface area contributed by atoms with Gasteiger partial charge in [0.25, 0.3) is 5.89 Å². The van der Waals surface area contributed by atoms with Crippen LogP contribution in [0, 0.1) is 11.3 Å². The van der Waals surface area contributed by atoms with Gasteiger partial charge < -0.3 is 9.84 Å². The second-order valence-electron chi connectivity index (χ2n) is 3.84. The molecule has 0 fully saturated rings. The monoisotopic (exact) mass is 286 g/mol. The molecule has 0 bridgehead atoms. The number of nitriles is 1. The van der Waals surface area contributed by atoms with Crippen LogP contribution < -0.4 is 5.32 Å². The molecule has 2 aromatic rings. The number of benzene rings is 1. The Morgan fingerprint density at radius 2 is 2.15 bits per heavy atom. The highest BCUT2D eigenvalue weighted by Gasteiger charge is 2.16. The first kappa shape index (κ1) is 14.2. The van der Waals surface area contributed by atoms with Crippen LogP contribution in [0.2, 0.25) is 0 Å². The summed E-state index contributed by atoms with van der Waals surface area (Å²) in [5.74, 6) is 0.710. The van der Waals surface area contributed by atoms with Crippen molar-refractivity contribution in [2.75, 3.05) is 12.8 Å². The van der Waals surface area contributed by atoms with Crippen LogP contribution in [0.25, 0.3) is 17.0 Å². The summed E-state index contributed by atoms with van der Waals surface area (Å²) in [4.78, 5) is 4.29. The van der Waals surface area contributed by atoms with Crippen molar-refractivity contribution in [2.24, 2.45) is 0 Å². The third-order valence-electron chi connectivity index (χ3n) is 2.55. The van der Waals surface area contributed by atoms with Gasteiger partial charge in [-0.3, -0.25) is 0 Å². The second-order valence-corrected chi connectivity index (χ2v) is 4.66. The van der Waals surface area contributed by atoms with Crippen molar-refractivity contribution >= 4 is 17.3 Å². The van der Waals surface area contributed by atoms with E-state index in [9.17, 15) is 5.26 Å². The number of aromatic nitrogens is 2. The van der Waals surface area contributed by atoms with Crippen molar-refractivity contribution in [1.82, 2.24) is 15.5 Å².